The van der Waals surface area contributed by atoms with E-state index in [1.54, 1.807) is 0 Å². The normalized spacial score (nSPS) is 12.9. The van der Waals surface area contributed by atoms with Gasteiger partial charge in [-0.15, -0.1) is 0 Å². The smallest absolute Gasteiger partial charge is 0.359 e. The average Bonchev–Trinajstić information content (AvgIpc) is 2.72. The Morgan fingerprint density at radius 2 is 1.23 bits per heavy atom. The van der Waals surface area contributed by atoms with Crippen LogP contribution in [-0.2, 0) is 9.53 Å². The van der Waals surface area contributed by atoms with Gasteiger partial charge in [0.25, 0.3) is 0 Å². The molecule has 0 aliphatic rings. The van der Waals surface area contributed by atoms with Crippen molar-refractivity contribution < 1.29 is 34.4 Å². The molecule has 7 heteroatoms. The van der Waals surface area contributed by atoms with E-state index in [1.807, 2.05) is 0 Å². The Morgan fingerprint density at radius 1 is 0.800 bits per heavy atom. The van der Waals surface area contributed by atoms with Gasteiger partial charge < -0.3 is 25.2 Å². The molecular weight excluding hydrogens is 386 g/mol. The molecule has 0 aromatic heterocycles. The first-order valence-corrected chi connectivity index (χ1v) is 12.0. The van der Waals surface area contributed by atoms with E-state index in [-0.39, 0.29) is 13.2 Å². The second kappa shape index (κ2) is 20.2. The summed E-state index contributed by atoms with van der Waals surface area (Å²) in [5.74, 6) is -1.13. The second-order valence-corrected chi connectivity index (χ2v) is 8.68. The molecule has 0 saturated heterocycles. The van der Waals surface area contributed by atoms with Crippen molar-refractivity contribution in [2.75, 3.05) is 39.8 Å². The quantitative estimate of drug-likeness (QED) is 0.111. The summed E-state index contributed by atoms with van der Waals surface area (Å²) in [6.07, 6.45) is 17.3. The number of rotatable bonds is 23. The van der Waals surface area contributed by atoms with E-state index in [1.165, 1.54) is 77.0 Å². The van der Waals surface area contributed by atoms with Crippen LogP contribution in [-0.4, -0.2) is 76.7 Å². The highest BCUT2D eigenvalue weighted by molar-refractivity contribution is 5.67. The van der Waals surface area contributed by atoms with E-state index >= 15 is 0 Å². The summed E-state index contributed by atoms with van der Waals surface area (Å²) in [6, 6.07) is 0. The number of carboxylic acid groups (broad SMARTS) is 1. The molecule has 0 aliphatic carbocycles. The highest BCUT2D eigenvalue weighted by Gasteiger charge is 2.32. The van der Waals surface area contributed by atoms with Crippen LogP contribution < -0.4 is 0 Å². The summed E-state index contributed by atoms with van der Waals surface area (Å²) in [5.41, 5.74) is 0. The number of unbranched alkanes of at least 4 members (excludes halogenated alkanes) is 13. The van der Waals surface area contributed by atoms with Crippen molar-refractivity contribution in [2.45, 2.75) is 103 Å². The predicted molar refractivity (Wildman–Crippen MR) is 119 cm³/mol. The highest BCUT2D eigenvalue weighted by Crippen LogP contribution is 2.13. The van der Waals surface area contributed by atoms with Gasteiger partial charge in [-0.2, -0.15) is 0 Å². The maximum Gasteiger partial charge on any atom is 0.359 e. The van der Waals surface area contributed by atoms with E-state index < -0.39 is 36.6 Å². The number of nitrogens with zero attached hydrogens (tertiary/aromatic N) is 1. The van der Waals surface area contributed by atoms with Crippen LogP contribution in [0.4, 0.5) is 0 Å². The van der Waals surface area contributed by atoms with Crippen molar-refractivity contribution in [3.63, 3.8) is 0 Å². The fraction of sp³-hybridized carbons (Fsp3) is 0.957. The molecule has 0 saturated carbocycles. The van der Waals surface area contributed by atoms with Crippen LogP contribution in [0.1, 0.15) is 96.8 Å². The molecule has 30 heavy (non-hydrogen) atoms. The van der Waals surface area contributed by atoms with Gasteiger partial charge in [-0.05, 0) is 6.42 Å². The first-order chi connectivity index (χ1) is 14.5. The lowest BCUT2D eigenvalue weighted by Crippen LogP contribution is -2.56. The number of aliphatic carboxylic acids is 1. The van der Waals surface area contributed by atoms with Crippen molar-refractivity contribution in [2.24, 2.45) is 0 Å². The van der Waals surface area contributed by atoms with E-state index in [0.717, 1.165) is 12.8 Å². The molecule has 0 amide bonds. The largest absolute Gasteiger partial charge is 0.477 e. The zero-order valence-corrected chi connectivity index (χ0v) is 19.3. The molecule has 0 radical (unpaired) electrons. The van der Waals surface area contributed by atoms with Gasteiger partial charge in [0.05, 0.1) is 6.61 Å². The Hall–Kier alpha value is -0.730. The molecule has 0 rings (SSSR count). The van der Waals surface area contributed by atoms with Gasteiger partial charge in [0.2, 0.25) is 0 Å². The molecule has 0 bridgehead atoms. The first-order valence-electron chi connectivity index (χ1n) is 12.0. The minimum Gasteiger partial charge on any atom is -0.477 e. The molecule has 0 aliphatic heterocycles. The monoisotopic (exact) mass is 434 g/mol. The van der Waals surface area contributed by atoms with Gasteiger partial charge in [-0.25, -0.2) is 4.79 Å². The minimum absolute atomic E-state index is 0.0575. The van der Waals surface area contributed by atoms with Gasteiger partial charge in [-0.3, -0.25) is 4.48 Å². The molecule has 7 nitrogen and oxygen atoms in total. The molecule has 0 spiro atoms. The number of aliphatic hydroxyl groups is 3. The lowest BCUT2D eigenvalue weighted by atomic mass is 10.0. The van der Waals surface area contributed by atoms with Gasteiger partial charge >= 0.3 is 5.97 Å². The molecule has 1 atom stereocenters. The molecule has 0 aromatic rings. The first kappa shape index (κ1) is 29.3. The second-order valence-electron chi connectivity index (χ2n) is 8.68. The van der Waals surface area contributed by atoms with Crippen LogP contribution in [0.2, 0.25) is 0 Å². The highest BCUT2D eigenvalue weighted by atomic mass is 16.5. The zero-order valence-electron chi connectivity index (χ0n) is 19.3. The van der Waals surface area contributed by atoms with Gasteiger partial charge in [-0.1, -0.05) is 90.4 Å². The third-order valence-electron chi connectivity index (χ3n) is 5.62. The Balaban J connectivity index is 3.49. The molecule has 0 aromatic carbocycles. The average molecular weight is 435 g/mol. The van der Waals surface area contributed by atoms with Crippen molar-refractivity contribution in [1.29, 1.82) is 0 Å². The molecular formula is C23H48NO6+. The lowest BCUT2D eigenvalue weighted by molar-refractivity contribution is -0.957. The third-order valence-corrected chi connectivity index (χ3v) is 5.62. The number of carboxylic acids is 1. The van der Waals surface area contributed by atoms with Crippen LogP contribution in [0.25, 0.3) is 0 Å². The Bertz CT molecular complexity index is 390. The maximum absolute atomic E-state index is 10.9. The van der Waals surface area contributed by atoms with Crippen molar-refractivity contribution in [3.8, 4) is 0 Å². The number of quaternary nitrogens is 1. The molecule has 0 heterocycles. The van der Waals surface area contributed by atoms with Gasteiger partial charge in [0.1, 0.15) is 12.6 Å². The summed E-state index contributed by atoms with van der Waals surface area (Å²) in [5, 5.41) is 37.7. The number of hydrogen-bond donors (Lipinski definition) is 4. The fourth-order valence-corrected chi connectivity index (χ4v) is 3.73. The van der Waals surface area contributed by atoms with Crippen molar-refractivity contribution in [1.82, 2.24) is 0 Å². The van der Waals surface area contributed by atoms with E-state index in [0.29, 0.717) is 6.61 Å². The van der Waals surface area contributed by atoms with Gasteiger partial charge in [0, 0.05) is 6.61 Å². The van der Waals surface area contributed by atoms with Crippen molar-refractivity contribution in [3.05, 3.63) is 0 Å². The fourth-order valence-electron chi connectivity index (χ4n) is 3.73. The van der Waals surface area contributed by atoms with Crippen LogP contribution in [0.15, 0.2) is 0 Å². The van der Waals surface area contributed by atoms with Crippen LogP contribution in [0.3, 0.4) is 0 Å². The number of aliphatic hydroxyl groups excluding tert-OH is 3. The van der Waals surface area contributed by atoms with E-state index in [4.69, 9.17) is 9.84 Å². The third kappa shape index (κ3) is 17.0. The summed E-state index contributed by atoms with van der Waals surface area (Å²) in [4.78, 5) is 10.9. The Labute approximate surface area is 183 Å². The minimum atomic E-state index is -1.13. The topological polar surface area (TPSA) is 107 Å². The van der Waals surface area contributed by atoms with Crippen LogP contribution in [0, 0.1) is 0 Å². The summed E-state index contributed by atoms with van der Waals surface area (Å²) >= 11 is 0. The molecule has 180 valence electrons. The lowest BCUT2D eigenvalue weighted by Gasteiger charge is -2.34. The van der Waals surface area contributed by atoms with Crippen molar-refractivity contribution >= 4 is 5.97 Å². The molecule has 4 N–H and O–H groups in total. The van der Waals surface area contributed by atoms with E-state index in [9.17, 15) is 20.1 Å². The number of hydrogen-bond acceptors (Lipinski definition) is 5. The molecule has 0 fully saturated rings. The maximum atomic E-state index is 10.9. The number of carbonyl (C=O) groups is 1. The summed E-state index contributed by atoms with van der Waals surface area (Å²) < 4.78 is 4.98. The summed E-state index contributed by atoms with van der Waals surface area (Å²) in [7, 11) is 0. The standard InChI is InChI=1S/C23H47NO6/c1-2-3-4-5-6-7-8-9-10-11-12-13-14-15-16-30-19-22(27)17-24(20-25,21-26)18-23(28)29/h22,25-27H,2-21H2,1H3/p+1. The van der Waals surface area contributed by atoms with Gasteiger partial charge in [0.15, 0.2) is 20.0 Å². The zero-order chi connectivity index (χ0) is 22.5. The SMILES string of the molecule is CCCCCCCCCCCCCCCCOCC(O)C[N+](CO)(CO)CC(=O)O. The van der Waals surface area contributed by atoms with Crippen LogP contribution in [0.5, 0.6) is 0 Å². The Kier molecular flexibility index (Phi) is 19.7. The Morgan fingerprint density at radius 3 is 1.63 bits per heavy atom. The summed E-state index contributed by atoms with van der Waals surface area (Å²) in [6.45, 7) is 1.31. The molecule has 1 unspecified atom stereocenters. The predicted octanol–water partition coefficient (Wildman–Crippen LogP) is 3.65. The number of ether oxygens (including phenoxy) is 1. The van der Waals surface area contributed by atoms with Crippen LogP contribution >= 0.6 is 0 Å². The van der Waals surface area contributed by atoms with E-state index in [2.05, 4.69) is 6.92 Å².